The van der Waals surface area contributed by atoms with Crippen molar-refractivity contribution in [2.75, 3.05) is 68.4 Å². The molecule has 4 aliphatic heterocycles. The van der Waals surface area contributed by atoms with E-state index in [-0.39, 0.29) is 67.9 Å². The summed E-state index contributed by atoms with van der Waals surface area (Å²) in [4.78, 5) is 101. The summed E-state index contributed by atoms with van der Waals surface area (Å²) in [5, 5.41) is 56.8. The average molecular weight is 1380 g/mol. The Hall–Kier alpha value is -6.52. The van der Waals surface area contributed by atoms with Gasteiger partial charge in [0.15, 0.2) is 70.8 Å². The van der Waals surface area contributed by atoms with Crippen LogP contribution in [0.25, 0.3) is 44.7 Å². The van der Waals surface area contributed by atoms with E-state index in [0.717, 1.165) is 44.3 Å². The van der Waals surface area contributed by atoms with E-state index in [2.05, 4.69) is 59.8 Å². The molecular formula is C43H56N20O25P4. The van der Waals surface area contributed by atoms with Crippen molar-refractivity contribution in [3.63, 3.8) is 0 Å². The standard InChI is InChI=1S/C43H56N20O25P4/c44-32-20-36(52-5-48-32)60(9-56-20)40-28(68)24(64)19(82-40)4-81-92(76,77)88-31-27(67)18(85-43(31)63-12-59-23-35(47)51-8-55-39(23)63)3-80-15-91(74,75)87-30-26(66)17(84-42(30)62-11-58-22-34(46)50-7-54-38(22)62)2-79-14-90(72,73)86-29-25(65)16(1-78-13-89(69,70)71)83-41(29)61-10-57-21-33(45)49-6-53-37(21)61/h5-12,16-19,24-31,40-43,64-68H,1-4,13-15H2,(H,72,73)(H,74,75)(H,76,77)(H2,44,48,52)(H2,45,49,53)(H2,46,50,54)(H2,47,51,55)(H2,69,70,71)/t16-,17-,18-,19-,24-,25-,26-,27-,28-,29-,30-,31-,40-,41-,42-,43-/m1/s1. The number of hydrogen-bond acceptors (Lipinski definition) is 36. The van der Waals surface area contributed by atoms with Gasteiger partial charge < -0.3 is 106 Å². The maximum Gasteiger partial charge on any atom is 0.472 e. The normalized spacial score (nSPS) is 30.7. The molecule has 0 spiro atoms. The van der Waals surface area contributed by atoms with Crippen LogP contribution in [0, 0.1) is 0 Å². The zero-order valence-corrected chi connectivity index (χ0v) is 50.2. The molecule has 0 bridgehead atoms. The lowest BCUT2D eigenvalue weighted by molar-refractivity contribution is -0.0673. The predicted octanol–water partition coefficient (Wildman–Crippen LogP) is -4.19. The van der Waals surface area contributed by atoms with Crippen LogP contribution in [0.2, 0.25) is 0 Å². The van der Waals surface area contributed by atoms with E-state index >= 15 is 0 Å². The summed E-state index contributed by atoms with van der Waals surface area (Å²) in [5.41, 5.74) is 24.3. The lowest BCUT2D eigenvalue weighted by Crippen LogP contribution is -2.37. The number of rotatable bonds is 25. The van der Waals surface area contributed by atoms with Gasteiger partial charge in [-0.2, -0.15) is 0 Å². The molecule has 4 saturated heterocycles. The smallest absolute Gasteiger partial charge is 0.387 e. The number of hydrogen-bond donors (Lipinski definition) is 14. The van der Waals surface area contributed by atoms with Gasteiger partial charge in [-0.3, -0.25) is 50.1 Å². The number of imidazole rings is 4. The van der Waals surface area contributed by atoms with E-state index in [1.165, 1.54) is 24.6 Å². The lowest BCUT2D eigenvalue weighted by Gasteiger charge is -2.25. The second-order valence-electron chi connectivity index (χ2n) is 21.0. The van der Waals surface area contributed by atoms with E-state index in [1.54, 1.807) is 0 Å². The minimum atomic E-state index is -5.37. The second kappa shape index (κ2) is 25.7. The number of aliphatic hydroxyl groups excluding tert-OH is 5. The van der Waals surface area contributed by atoms with Crippen molar-refractivity contribution in [2.24, 2.45) is 0 Å². The maximum atomic E-state index is 14.1. The number of fused-ring (bicyclic) bond motifs is 4. The van der Waals surface area contributed by atoms with Crippen LogP contribution in [0.4, 0.5) is 23.3 Å². The van der Waals surface area contributed by atoms with E-state index in [9.17, 15) is 68.3 Å². The van der Waals surface area contributed by atoms with Crippen molar-refractivity contribution >= 4 is 98.5 Å². The molecule has 45 nitrogen and oxygen atoms in total. The van der Waals surface area contributed by atoms with Crippen LogP contribution in [0.5, 0.6) is 0 Å². The van der Waals surface area contributed by atoms with Crippen molar-refractivity contribution in [3.8, 4) is 0 Å². The predicted molar refractivity (Wildman–Crippen MR) is 299 cm³/mol. The molecule has 12 rings (SSSR count). The number of nitrogens with two attached hydrogens (primary N) is 4. The minimum Gasteiger partial charge on any atom is -0.387 e. The van der Waals surface area contributed by atoms with Crippen LogP contribution >= 0.6 is 30.6 Å². The molecular weight excluding hydrogens is 1320 g/mol. The monoisotopic (exact) mass is 1380 g/mol. The van der Waals surface area contributed by atoms with Gasteiger partial charge >= 0.3 is 30.6 Å². The number of aromatic nitrogens is 16. The third-order valence-corrected chi connectivity index (χ3v) is 18.4. The number of anilines is 4. The summed E-state index contributed by atoms with van der Waals surface area (Å²) in [5.74, 6) is -0.232. The Morgan fingerprint density at radius 3 is 1.04 bits per heavy atom. The Kier molecular flexibility index (Phi) is 18.3. The highest BCUT2D eigenvalue weighted by atomic mass is 31.2. The van der Waals surface area contributed by atoms with Gasteiger partial charge in [-0.15, -0.1) is 0 Å². The summed E-state index contributed by atoms with van der Waals surface area (Å²) in [6, 6.07) is 0. The van der Waals surface area contributed by atoms with Crippen molar-refractivity contribution in [1.29, 1.82) is 0 Å². The Morgan fingerprint density at radius 2 is 0.696 bits per heavy atom. The third kappa shape index (κ3) is 13.2. The van der Waals surface area contributed by atoms with Crippen LogP contribution < -0.4 is 22.9 Å². The quantitative estimate of drug-likeness (QED) is 0.0241. The summed E-state index contributed by atoms with van der Waals surface area (Å²) in [7, 11) is -20.2. The maximum absolute atomic E-state index is 14.1. The summed E-state index contributed by atoms with van der Waals surface area (Å²) in [6.07, 6.45) is -21.2. The molecule has 4 aliphatic rings. The molecule has 0 saturated carbocycles. The van der Waals surface area contributed by atoms with Gasteiger partial charge in [0.2, 0.25) is 0 Å². The largest absolute Gasteiger partial charge is 0.472 e. The molecule has 3 unspecified atom stereocenters. The van der Waals surface area contributed by atoms with Crippen molar-refractivity contribution in [2.45, 2.75) is 98.2 Å². The van der Waals surface area contributed by atoms with Gasteiger partial charge in [0, 0.05) is 0 Å². The summed E-state index contributed by atoms with van der Waals surface area (Å²) >= 11 is 0. The van der Waals surface area contributed by atoms with Gasteiger partial charge in [0.1, 0.15) is 140 Å². The molecule has 18 N–H and O–H groups in total. The molecule has 19 atom stereocenters. The highest BCUT2D eigenvalue weighted by Crippen LogP contribution is 2.53. The minimum absolute atomic E-state index is 0.0144. The Balaban J connectivity index is 0.714. The highest BCUT2D eigenvalue weighted by molar-refractivity contribution is 7.53. The molecule has 8 aromatic rings. The van der Waals surface area contributed by atoms with E-state index in [4.69, 9.17) is 74.2 Å². The molecule has 498 valence electrons. The van der Waals surface area contributed by atoms with E-state index < -0.39 is 174 Å². The molecule has 92 heavy (non-hydrogen) atoms. The Morgan fingerprint density at radius 1 is 0.391 bits per heavy atom. The molecule has 0 amide bonds. The first-order chi connectivity index (χ1) is 43.7. The molecule has 0 aliphatic carbocycles. The molecule has 0 radical (unpaired) electrons. The number of ether oxygens (including phenoxy) is 7. The van der Waals surface area contributed by atoms with Crippen molar-refractivity contribution in [3.05, 3.63) is 50.6 Å². The van der Waals surface area contributed by atoms with Crippen molar-refractivity contribution < 1.29 is 120 Å². The number of phosphoric acid groups is 1. The van der Waals surface area contributed by atoms with Gasteiger partial charge in [-0.25, -0.2) is 64.4 Å². The number of nitrogens with zero attached hydrogens (tertiary/aromatic N) is 16. The summed E-state index contributed by atoms with van der Waals surface area (Å²) < 4.78 is 120. The zero-order chi connectivity index (χ0) is 65.3. The fraction of sp³-hybridized carbons (Fsp3) is 0.535. The van der Waals surface area contributed by atoms with Gasteiger partial charge in [-0.05, 0) is 0 Å². The first kappa shape index (κ1) is 65.5. The van der Waals surface area contributed by atoms with Gasteiger partial charge in [0.25, 0.3) is 0 Å². The first-order valence-corrected chi connectivity index (χ1v) is 33.7. The highest BCUT2D eigenvalue weighted by Gasteiger charge is 2.54. The SMILES string of the molecule is Nc1ncnc2c1ncn2[C@@H]1O[C@H](COP(=O)(O)O[C@@H]2[C@H](O)[C@@H](COCP(=O)(O)O[C@@H]3[C@H](O)[C@@H](COCP(=O)(O)O[C@@H]4[C@H](O)[C@@H](COCP(=O)(O)O)O[C@H]4n4cnc5c(N)ncnc54)O[C@H]3n3cnc4c(N)ncnc43)O[C@H]2n2cnc3c(N)ncnc32)[C@@H](O)[C@H]1O. The van der Waals surface area contributed by atoms with Gasteiger partial charge in [0.05, 0.1) is 51.7 Å². The lowest BCUT2D eigenvalue weighted by atomic mass is 10.1. The van der Waals surface area contributed by atoms with E-state index in [1.807, 2.05) is 0 Å². The number of phosphoric ester groups is 1. The van der Waals surface area contributed by atoms with Crippen LogP contribution in [-0.2, 0) is 69.5 Å². The molecule has 12 heterocycles. The molecule has 0 aromatic carbocycles. The second-order valence-corrected chi connectivity index (χ2v) is 27.4. The zero-order valence-electron chi connectivity index (χ0n) is 46.7. The van der Waals surface area contributed by atoms with Crippen molar-refractivity contribution in [1.82, 2.24) is 78.1 Å². The van der Waals surface area contributed by atoms with Crippen LogP contribution in [0.1, 0.15) is 24.9 Å². The fourth-order valence-electron chi connectivity index (χ4n) is 10.6. The third-order valence-electron chi connectivity index (χ3n) is 14.8. The number of nitrogen functional groups attached to an aromatic ring is 4. The topological polar surface area (TPSA) is 651 Å². The number of aliphatic hydroxyl groups is 5. The Bertz CT molecular complexity index is 4210. The van der Waals surface area contributed by atoms with Crippen LogP contribution in [0.15, 0.2) is 50.6 Å². The van der Waals surface area contributed by atoms with Crippen LogP contribution in [-0.4, -0.2) is 247 Å². The van der Waals surface area contributed by atoms with Gasteiger partial charge in [-0.1, -0.05) is 0 Å². The first-order valence-electron chi connectivity index (χ1n) is 26.8. The average Bonchev–Trinajstić information content (AvgIpc) is 1.65. The Labute approximate surface area is 512 Å². The molecule has 4 fully saturated rings. The summed E-state index contributed by atoms with van der Waals surface area (Å²) in [6.45, 7) is -3.09. The molecule has 49 heteroatoms. The van der Waals surface area contributed by atoms with E-state index in [0.29, 0.717) is 0 Å². The molecule has 8 aromatic heterocycles. The fourth-order valence-corrected chi connectivity index (χ4v) is 13.8. The van der Waals surface area contributed by atoms with Crippen LogP contribution in [0.3, 0.4) is 0 Å².